The summed E-state index contributed by atoms with van der Waals surface area (Å²) < 4.78 is 61.7. The van der Waals surface area contributed by atoms with Gasteiger partial charge in [0.2, 0.25) is 0 Å². The highest BCUT2D eigenvalue weighted by Gasteiger charge is 2.37. The number of allylic oxidation sites excluding steroid dienone is 1. The van der Waals surface area contributed by atoms with Crippen LogP contribution in [0, 0.1) is 11.8 Å². The van der Waals surface area contributed by atoms with Crippen LogP contribution in [0.25, 0.3) is 0 Å². The van der Waals surface area contributed by atoms with E-state index in [1.165, 1.54) is 12.1 Å². The molecule has 3 rings (SSSR count). The van der Waals surface area contributed by atoms with E-state index >= 15 is 0 Å². The molecule has 182 valence electrons. The fourth-order valence-electron chi connectivity index (χ4n) is 4.06. The number of likely N-dealkylation sites (N-methyl/N-ethyl adjacent to an activating group) is 1. The van der Waals surface area contributed by atoms with Crippen molar-refractivity contribution in [2.45, 2.75) is 57.6 Å². The second-order valence-electron chi connectivity index (χ2n) is 9.42. The predicted molar refractivity (Wildman–Crippen MR) is 130 cm³/mol. The topological polar surface area (TPSA) is 44.7 Å². The molecule has 0 radical (unpaired) electrons. The van der Waals surface area contributed by atoms with Gasteiger partial charge < -0.3 is 18.9 Å². The number of anilines is 1. The van der Waals surface area contributed by atoms with Gasteiger partial charge in [0.05, 0.1) is 9.80 Å². The highest BCUT2D eigenvalue weighted by atomic mass is 32.3. The molecule has 0 spiro atoms. The summed E-state index contributed by atoms with van der Waals surface area (Å²) in [5.41, 5.74) is -0.358. The lowest BCUT2D eigenvalue weighted by atomic mass is 9.96. The first-order valence-corrected chi connectivity index (χ1v) is 14.0. The highest BCUT2D eigenvalue weighted by molar-refractivity contribution is 8.41. The summed E-state index contributed by atoms with van der Waals surface area (Å²) in [6, 6.07) is 3.79. The zero-order valence-electron chi connectivity index (χ0n) is 19.4. The van der Waals surface area contributed by atoms with E-state index in [2.05, 4.69) is 31.6 Å². The van der Waals surface area contributed by atoms with Crippen molar-refractivity contribution in [2.24, 2.45) is 11.8 Å². The van der Waals surface area contributed by atoms with Crippen molar-refractivity contribution in [1.82, 2.24) is 4.90 Å². The van der Waals surface area contributed by atoms with Gasteiger partial charge in [-0.25, -0.2) is 0 Å². The molecular weight excluding hydrogens is 457 g/mol. The molecule has 4 atom stereocenters. The number of hydrogen-bond donors (Lipinski definition) is 2. The van der Waals surface area contributed by atoms with E-state index in [0.717, 1.165) is 29.7 Å². The Kier molecular flexibility index (Phi) is 8.06. The Bertz CT molecular complexity index is 830. The SMILES string of the molecule is CC(C)CCC1C=C(S(C)(O)Nc2ccc(C(F)(F)F)c(OC3CCN(C)C3)c2)SC1C. The Hall–Kier alpha value is -1.03. The smallest absolute Gasteiger partial charge is 0.419 e. The van der Waals surface area contributed by atoms with Crippen molar-refractivity contribution in [1.29, 1.82) is 0 Å². The first kappa shape index (κ1) is 25.6. The van der Waals surface area contributed by atoms with Gasteiger partial charge in [-0.3, -0.25) is 0 Å². The van der Waals surface area contributed by atoms with Crippen LogP contribution in [0.3, 0.4) is 0 Å². The monoisotopic (exact) mass is 492 g/mol. The second kappa shape index (κ2) is 10.1. The van der Waals surface area contributed by atoms with E-state index in [9.17, 15) is 17.7 Å². The van der Waals surface area contributed by atoms with Crippen molar-refractivity contribution in [3.8, 4) is 5.75 Å². The average Bonchev–Trinajstić information content (AvgIpc) is 3.24. The Morgan fingerprint density at radius 1 is 1.34 bits per heavy atom. The van der Waals surface area contributed by atoms with Crippen molar-refractivity contribution in [2.75, 3.05) is 31.1 Å². The van der Waals surface area contributed by atoms with Crippen molar-refractivity contribution < 1.29 is 22.5 Å². The van der Waals surface area contributed by atoms with Crippen LogP contribution in [0.5, 0.6) is 5.75 Å². The first-order chi connectivity index (χ1) is 14.8. The number of halogens is 3. The minimum absolute atomic E-state index is 0.186. The van der Waals surface area contributed by atoms with Crippen LogP contribution in [-0.4, -0.2) is 47.2 Å². The van der Waals surface area contributed by atoms with Crippen LogP contribution >= 0.6 is 22.3 Å². The number of thioether (sulfide) groups is 1. The molecule has 0 amide bonds. The molecule has 0 bridgehead atoms. The third kappa shape index (κ3) is 6.52. The maximum Gasteiger partial charge on any atom is 0.419 e. The van der Waals surface area contributed by atoms with Gasteiger partial charge in [0.1, 0.15) is 11.9 Å². The molecule has 1 aromatic rings. The number of rotatable bonds is 8. The van der Waals surface area contributed by atoms with E-state index in [-0.39, 0.29) is 11.9 Å². The standard InChI is InChI=1S/C23H35F3N2O2S2/c1-15(2)6-7-17-12-22(31-16(17)3)32(5,29)27-18-8-9-20(23(24,25)26)21(13-18)30-19-10-11-28(4)14-19/h8-9,12-13,15-17,19,27,29H,6-7,10-11,14H2,1-5H3. The predicted octanol–water partition coefficient (Wildman–Crippen LogP) is 7.05. The van der Waals surface area contributed by atoms with Gasteiger partial charge in [0.15, 0.2) is 0 Å². The molecule has 1 aromatic carbocycles. The summed E-state index contributed by atoms with van der Waals surface area (Å²) in [6.07, 6.45) is 1.98. The molecule has 32 heavy (non-hydrogen) atoms. The molecule has 1 saturated heterocycles. The molecule has 9 heteroatoms. The molecule has 1 fully saturated rings. The zero-order chi connectivity index (χ0) is 23.7. The van der Waals surface area contributed by atoms with Gasteiger partial charge in [0.25, 0.3) is 0 Å². The number of ether oxygens (including phenoxy) is 1. The molecule has 2 N–H and O–H groups in total. The van der Waals surface area contributed by atoms with Crippen LogP contribution in [-0.2, 0) is 6.18 Å². The number of nitrogens with one attached hydrogen (secondary N) is 1. The lowest BCUT2D eigenvalue weighted by Crippen LogP contribution is -2.23. The van der Waals surface area contributed by atoms with Gasteiger partial charge in [-0.2, -0.15) is 13.2 Å². The van der Waals surface area contributed by atoms with Gasteiger partial charge >= 0.3 is 6.18 Å². The maximum atomic E-state index is 13.6. The molecular formula is C23H35F3N2O2S2. The molecule has 2 aliphatic rings. The van der Waals surface area contributed by atoms with Crippen molar-refractivity contribution in [3.63, 3.8) is 0 Å². The molecule has 0 saturated carbocycles. The third-order valence-electron chi connectivity index (χ3n) is 5.97. The molecule has 4 nitrogen and oxygen atoms in total. The maximum absolute atomic E-state index is 13.6. The number of alkyl halides is 3. The minimum Gasteiger partial charge on any atom is -0.488 e. The Morgan fingerprint density at radius 3 is 2.66 bits per heavy atom. The minimum atomic E-state index is -4.50. The van der Waals surface area contributed by atoms with Crippen LogP contribution in [0.4, 0.5) is 18.9 Å². The van der Waals surface area contributed by atoms with Crippen LogP contribution < -0.4 is 9.46 Å². The summed E-state index contributed by atoms with van der Waals surface area (Å²) in [4.78, 5) is 2.04. The summed E-state index contributed by atoms with van der Waals surface area (Å²) in [6.45, 7) is 7.96. The zero-order valence-corrected chi connectivity index (χ0v) is 21.0. The van der Waals surface area contributed by atoms with Crippen LogP contribution in [0.1, 0.15) is 45.6 Å². The van der Waals surface area contributed by atoms with E-state index in [0.29, 0.717) is 35.7 Å². The normalized spacial score (nSPS) is 27.3. The first-order valence-electron chi connectivity index (χ1n) is 11.1. The summed E-state index contributed by atoms with van der Waals surface area (Å²) in [5, 5.41) is 0.371. The molecule has 0 aromatic heterocycles. The second-order valence-corrected chi connectivity index (χ2v) is 13.5. The molecule has 2 aliphatic heterocycles. The number of likely N-dealkylation sites (tertiary alicyclic amines) is 1. The van der Waals surface area contributed by atoms with Gasteiger partial charge in [0, 0.05) is 36.3 Å². The molecule has 0 aliphatic carbocycles. The summed E-state index contributed by atoms with van der Waals surface area (Å²) >= 11 is 1.66. The Balaban J connectivity index is 1.78. The fraction of sp³-hybridized carbons (Fsp3) is 0.652. The highest BCUT2D eigenvalue weighted by Crippen LogP contribution is 2.59. The summed E-state index contributed by atoms with van der Waals surface area (Å²) in [7, 11) is -0.464. The van der Waals surface area contributed by atoms with Gasteiger partial charge in [-0.1, -0.05) is 33.3 Å². The fourth-order valence-corrected chi connectivity index (χ4v) is 7.52. The lowest BCUT2D eigenvalue weighted by Gasteiger charge is -2.33. The number of nitrogens with zero attached hydrogens (tertiary/aromatic N) is 1. The lowest BCUT2D eigenvalue weighted by molar-refractivity contribution is -0.139. The molecule has 4 unspecified atom stereocenters. The van der Waals surface area contributed by atoms with Crippen LogP contribution in [0.2, 0.25) is 0 Å². The summed E-state index contributed by atoms with van der Waals surface area (Å²) in [5.74, 6) is 0.833. The number of hydrogen-bond acceptors (Lipinski definition) is 5. The average molecular weight is 493 g/mol. The van der Waals surface area contributed by atoms with Crippen molar-refractivity contribution in [3.05, 3.63) is 34.1 Å². The van der Waals surface area contributed by atoms with E-state index < -0.39 is 22.2 Å². The van der Waals surface area contributed by atoms with E-state index in [4.69, 9.17) is 4.74 Å². The third-order valence-corrected chi connectivity index (χ3v) is 9.87. The van der Waals surface area contributed by atoms with Crippen molar-refractivity contribution >= 4 is 27.9 Å². The quantitative estimate of drug-likeness (QED) is 0.407. The molecule has 2 heterocycles. The van der Waals surface area contributed by atoms with Crippen LogP contribution in [0.15, 0.2) is 28.5 Å². The van der Waals surface area contributed by atoms with E-state index in [1.807, 2.05) is 11.9 Å². The number of benzene rings is 1. The Morgan fingerprint density at radius 2 is 2.06 bits per heavy atom. The van der Waals surface area contributed by atoms with E-state index in [1.54, 1.807) is 18.0 Å². The van der Waals surface area contributed by atoms with Gasteiger partial charge in [-0.15, -0.1) is 11.8 Å². The van der Waals surface area contributed by atoms with Gasteiger partial charge in [-0.05, 0) is 54.4 Å². The Labute approximate surface area is 195 Å². The largest absolute Gasteiger partial charge is 0.488 e.